The molecule has 1 aromatic heterocycles. The molecule has 3 N–H and O–H groups in total. The number of aryl methyl sites for hydroxylation is 1. The van der Waals surface area contributed by atoms with Crippen LogP contribution in [0.4, 0.5) is 0 Å². The summed E-state index contributed by atoms with van der Waals surface area (Å²) in [6, 6.07) is 5.98. The van der Waals surface area contributed by atoms with Crippen molar-refractivity contribution in [3.05, 3.63) is 41.0 Å². The van der Waals surface area contributed by atoms with E-state index >= 15 is 0 Å². The third kappa shape index (κ3) is 8.84. The maximum absolute atomic E-state index is 13.9. The fourth-order valence-electron chi connectivity index (χ4n) is 5.21. The highest BCUT2D eigenvalue weighted by molar-refractivity contribution is 7.13. The van der Waals surface area contributed by atoms with Gasteiger partial charge in [-0.25, -0.2) is 4.98 Å². The van der Waals surface area contributed by atoms with Crippen LogP contribution in [0.3, 0.4) is 0 Å². The van der Waals surface area contributed by atoms with Crippen LogP contribution in [0, 0.1) is 17.8 Å². The van der Waals surface area contributed by atoms with Crippen LogP contribution in [0.1, 0.15) is 85.0 Å². The summed E-state index contributed by atoms with van der Waals surface area (Å²) in [5.41, 5.74) is 3.79. The maximum atomic E-state index is 13.9. The highest BCUT2D eigenvalue weighted by atomic mass is 32.1. The van der Waals surface area contributed by atoms with Crippen molar-refractivity contribution in [3.8, 4) is 10.4 Å². The Morgan fingerprint density at radius 3 is 2.38 bits per heavy atom. The number of thiazole rings is 1. The Bertz CT molecular complexity index is 1220. The molecule has 0 spiro atoms. The van der Waals surface area contributed by atoms with Gasteiger partial charge in [0.25, 0.3) is 0 Å². The first-order valence-electron chi connectivity index (χ1n) is 14.8. The average Bonchev–Trinajstić information content (AvgIpc) is 3.51. The van der Waals surface area contributed by atoms with Crippen LogP contribution in [-0.2, 0) is 19.1 Å². The number of rotatable bonds is 12. The van der Waals surface area contributed by atoms with E-state index in [-0.39, 0.29) is 43.1 Å². The number of likely N-dealkylation sites (tertiary alicyclic amines) is 1. The summed E-state index contributed by atoms with van der Waals surface area (Å²) >= 11 is 1.59. The van der Waals surface area contributed by atoms with Crippen molar-refractivity contribution in [1.82, 2.24) is 20.5 Å². The van der Waals surface area contributed by atoms with Crippen LogP contribution in [0.15, 0.2) is 29.8 Å². The lowest BCUT2D eigenvalue weighted by atomic mass is 9.84. The molecule has 232 valence electrons. The number of nitrogens with one attached hydrogen (secondary N) is 2. The molecule has 4 atom stereocenters. The molecule has 0 aliphatic carbocycles. The number of hydrogen-bond acceptors (Lipinski definition) is 7. The quantitative estimate of drug-likeness (QED) is 0.306. The van der Waals surface area contributed by atoms with E-state index in [1.54, 1.807) is 11.3 Å². The number of aliphatic hydroxyl groups is 1. The fraction of sp³-hybridized carbons (Fsp3) is 0.625. The largest absolute Gasteiger partial charge is 0.391 e. The predicted octanol–water partition coefficient (Wildman–Crippen LogP) is 4.63. The number of ether oxygens (including phenoxy) is 1. The summed E-state index contributed by atoms with van der Waals surface area (Å²) in [6.45, 7) is 16.6. The zero-order valence-electron chi connectivity index (χ0n) is 26.3. The molecule has 1 aromatic carbocycles. The summed E-state index contributed by atoms with van der Waals surface area (Å²) in [5, 5.41) is 16.5. The number of carbonyl (C=O) groups excluding carboxylic acids is 3. The maximum Gasteiger partial charge on any atom is 0.246 e. The molecule has 3 rings (SSSR count). The molecule has 2 heterocycles. The monoisotopic (exact) mass is 600 g/mol. The first-order chi connectivity index (χ1) is 19.6. The van der Waals surface area contributed by atoms with Crippen molar-refractivity contribution in [1.29, 1.82) is 0 Å². The van der Waals surface area contributed by atoms with Crippen LogP contribution in [0.5, 0.6) is 0 Å². The zero-order valence-corrected chi connectivity index (χ0v) is 27.1. The molecule has 0 bridgehead atoms. The third-order valence-electron chi connectivity index (χ3n) is 7.54. The van der Waals surface area contributed by atoms with Gasteiger partial charge in [0.2, 0.25) is 17.7 Å². The normalized spacial score (nSPS) is 18.9. The minimum absolute atomic E-state index is 0.0347. The van der Waals surface area contributed by atoms with E-state index in [1.165, 1.54) is 4.90 Å². The van der Waals surface area contributed by atoms with Gasteiger partial charge in [-0.15, -0.1) is 11.3 Å². The summed E-state index contributed by atoms with van der Waals surface area (Å²) in [6.07, 6.45) is 0.410. The Hall–Kier alpha value is -2.82. The van der Waals surface area contributed by atoms with Crippen molar-refractivity contribution in [2.75, 3.05) is 19.8 Å². The van der Waals surface area contributed by atoms with E-state index in [9.17, 15) is 19.5 Å². The van der Waals surface area contributed by atoms with Gasteiger partial charge in [0.05, 0.1) is 34.8 Å². The van der Waals surface area contributed by atoms with Gasteiger partial charge in [-0.05, 0) is 42.2 Å². The van der Waals surface area contributed by atoms with Crippen LogP contribution >= 0.6 is 11.3 Å². The highest BCUT2D eigenvalue weighted by Gasteiger charge is 2.45. The Morgan fingerprint density at radius 2 is 1.81 bits per heavy atom. The molecule has 1 aliphatic rings. The Labute approximate surface area is 254 Å². The van der Waals surface area contributed by atoms with Crippen LogP contribution in [-0.4, -0.2) is 70.7 Å². The molecule has 9 nitrogen and oxygen atoms in total. The van der Waals surface area contributed by atoms with Crippen LogP contribution in [0.25, 0.3) is 10.4 Å². The zero-order chi connectivity index (χ0) is 31.2. The summed E-state index contributed by atoms with van der Waals surface area (Å²) in [5.74, 6) is -0.952. The Balaban J connectivity index is 1.69. The third-order valence-corrected chi connectivity index (χ3v) is 8.52. The second-order valence-corrected chi connectivity index (χ2v) is 14.1. The van der Waals surface area contributed by atoms with Crippen molar-refractivity contribution in [3.63, 3.8) is 0 Å². The average molecular weight is 601 g/mol. The molecule has 3 amide bonds. The lowest BCUT2D eigenvalue weighted by molar-refractivity contribution is -0.144. The molecule has 1 aliphatic heterocycles. The van der Waals surface area contributed by atoms with Crippen LogP contribution in [0.2, 0.25) is 0 Å². The summed E-state index contributed by atoms with van der Waals surface area (Å²) < 4.78 is 5.66. The first kappa shape index (κ1) is 33.7. The van der Waals surface area contributed by atoms with Gasteiger partial charge in [0.15, 0.2) is 0 Å². The molecule has 1 saturated heterocycles. The molecular formula is C32H48N4O5S. The standard InChI is InChI=1S/C32H48N4O5S/c1-9-14-41-18-32(7,8)16-26(38)35-28(31(4,5)6)30(40)36-17-24(37)15-25(36)29(39)34-20(2)22-10-12-23(13-11-22)27-21(3)33-19-42-27/h10-13,19-20,24-25,28,37H,9,14-18H2,1-8H3,(H,34,39)(H,35,38)/t20-,24-,25+,28+/m0/s1. The number of β-amino-alcohol motifs (C(OH)–C–C–N with tert-alkyl or cyclic N) is 1. The molecule has 0 unspecified atom stereocenters. The lowest BCUT2D eigenvalue weighted by Crippen LogP contribution is -2.58. The molecule has 0 saturated carbocycles. The van der Waals surface area contributed by atoms with Crippen molar-refractivity contribution in [2.45, 2.75) is 98.9 Å². The van der Waals surface area contributed by atoms with E-state index < -0.39 is 29.0 Å². The number of aliphatic hydroxyl groups excluding tert-OH is 1. The second kappa shape index (κ2) is 14.1. The molecule has 42 heavy (non-hydrogen) atoms. The van der Waals surface area contributed by atoms with Gasteiger partial charge >= 0.3 is 0 Å². The molecule has 10 heteroatoms. The molecule has 2 aromatic rings. The van der Waals surface area contributed by atoms with Gasteiger partial charge in [0.1, 0.15) is 12.1 Å². The predicted molar refractivity (Wildman–Crippen MR) is 166 cm³/mol. The van der Waals surface area contributed by atoms with Gasteiger partial charge in [-0.2, -0.15) is 0 Å². The number of amides is 3. The molecule has 1 fully saturated rings. The molecule has 0 radical (unpaired) electrons. The number of nitrogens with zero attached hydrogens (tertiary/aromatic N) is 2. The summed E-state index contributed by atoms with van der Waals surface area (Å²) in [7, 11) is 0. The Kier molecular flexibility index (Phi) is 11.3. The SMILES string of the molecule is CCCOCC(C)(C)CC(=O)N[C@H](C(=O)N1C[C@@H](O)C[C@@H]1C(=O)N[C@@H](C)c1ccc(-c2scnc2C)cc1)C(C)(C)C. The van der Waals surface area contributed by atoms with Crippen molar-refractivity contribution >= 4 is 29.1 Å². The van der Waals surface area contributed by atoms with E-state index in [2.05, 4.69) is 15.6 Å². The topological polar surface area (TPSA) is 121 Å². The number of hydrogen-bond donors (Lipinski definition) is 3. The van der Waals surface area contributed by atoms with Crippen molar-refractivity contribution in [2.24, 2.45) is 10.8 Å². The van der Waals surface area contributed by atoms with Gasteiger partial charge in [-0.1, -0.05) is 65.8 Å². The number of carbonyl (C=O) groups is 3. The summed E-state index contributed by atoms with van der Waals surface area (Å²) in [4.78, 5) is 47.3. The minimum Gasteiger partial charge on any atom is -0.391 e. The van der Waals surface area contributed by atoms with Gasteiger partial charge < -0.3 is 25.4 Å². The van der Waals surface area contributed by atoms with E-state index in [4.69, 9.17) is 4.74 Å². The number of benzene rings is 1. The van der Waals surface area contributed by atoms with Gasteiger partial charge in [-0.3, -0.25) is 14.4 Å². The van der Waals surface area contributed by atoms with Crippen molar-refractivity contribution < 1.29 is 24.2 Å². The van der Waals surface area contributed by atoms with E-state index in [1.807, 2.05) is 85.2 Å². The minimum atomic E-state index is -0.863. The highest BCUT2D eigenvalue weighted by Crippen LogP contribution is 2.30. The first-order valence-corrected chi connectivity index (χ1v) is 15.7. The van der Waals surface area contributed by atoms with E-state index in [0.29, 0.717) is 13.2 Å². The smallest absolute Gasteiger partial charge is 0.246 e. The Morgan fingerprint density at radius 1 is 1.14 bits per heavy atom. The van der Waals surface area contributed by atoms with Gasteiger partial charge in [0, 0.05) is 26.0 Å². The number of aromatic nitrogens is 1. The second-order valence-electron chi connectivity index (χ2n) is 13.3. The molecular weight excluding hydrogens is 552 g/mol. The van der Waals surface area contributed by atoms with E-state index in [0.717, 1.165) is 28.1 Å². The van der Waals surface area contributed by atoms with Crippen LogP contribution < -0.4 is 10.6 Å². The lowest BCUT2D eigenvalue weighted by Gasteiger charge is -2.36. The fourth-order valence-corrected chi connectivity index (χ4v) is 6.02.